The van der Waals surface area contributed by atoms with Crippen molar-refractivity contribution in [2.24, 2.45) is 0 Å². The predicted molar refractivity (Wildman–Crippen MR) is 70.7 cm³/mol. The topological polar surface area (TPSA) is 66.7 Å². The van der Waals surface area contributed by atoms with Gasteiger partial charge in [0.25, 0.3) is 0 Å². The molecule has 6 nitrogen and oxygen atoms in total. The average Bonchev–Trinajstić information content (AvgIpc) is 2.74. The summed E-state index contributed by atoms with van der Waals surface area (Å²) in [5.74, 6) is 1.33. The van der Waals surface area contributed by atoms with E-state index in [2.05, 4.69) is 4.98 Å². The lowest BCUT2D eigenvalue weighted by molar-refractivity contribution is -0.158. The molecule has 2 saturated heterocycles. The first-order chi connectivity index (χ1) is 9.56. The number of hydrogen-bond donors (Lipinski definition) is 0. The number of nitrogens with zero attached hydrogens (tertiary/aromatic N) is 3. The lowest BCUT2D eigenvalue weighted by atomic mass is 9.98. The van der Waals surface area contributed by atoms with Gasteiger partial charge in [-0.25, -0.2) is 4.98 Å². The Morgan fingerprint density at radius 1 is 1.30 bits per heavy atom. The summed E-state index contributed by atoms with van der Waals surface area (Å²) in [5.41, 5.74) is 0.829. The zero-order valence-electron chi connectivity index (χ0n) is 11.9. The maximum absolute atomic E-state index is 12.5. The van der Waals surface area contributed by atoms with Crippen LogP contribution in [0.4, 0.5) is 0 Å². The summed E-state index contributed by atoms with van der Waals surface area (Å²) in [5, 5.41) is 0. The number of aryl methyl sites for hydroxylation is 2. The molecule has 0 aromatic carbocycles. The molecule has 6 heteroatoms. The molecule has 1 unspecified atom stereocenters. The van der Waals surface area contributed by atoms with Crippen molar-refractivity contribution in [1.82, 2.24) is 14.8 Å². The minimum atomic E-state index is -0.276. The number of hydrogen-bond acceptors (Lipinski definition) is 4. The molecule has 108 valence electrons. The molecule has 20 heavy (non-hydrogen) atoms. The molecule has 1 aromatic rings. The van der Waals surface area contributed by atoms with Crippen LogP contribution in [0.1, 0.15) is 36.6 Å². The highest BCUT2D eigenvalue weighted by Gasteiger charge is 2.40. The highest BCUT2D eigenvalue weighted by molar-refractivity contribution is 5.94. The van der Waals surface area contributed by atoms with E-state index in [0.29, 0.717) is 12.4 Å². The molecule has 1 atom stereocenters. The molecule has 3 heterocycles. The van der Waals surface area contributed by atoms with Gasteiger partial charge in [-0.05, 0) is 33.1 Å². The van der Waals surface area contributed by atoms with Crippen LogP contribution in [-0.2, 0) is 16.1 Å². The lowest BCUT2D eigenvalue weighted by Gasteiger charge is -2.42. The molecule has 0 aliphatic carbocycles. The van der Waals surface area contributed by atoms with Gasteiger partial charge in [0, 0.05) is 6.54 Å². The molecule has 0 radical (unpaired) electrons. The first-order valence-corrected chi connectivity index (χ1v) is 7.07. The van der Waals surface area contributed by atoms with Crippen molar-refractivity contribution < 1.29 is 14.0 Å². The van der Waals surface area contributed by atoms with Crippen molar-refractivity contribution in [1.29, 1.82) is 0 Å². The van der Waals surface area contributed by atoms with Crippen molar-refractivity contribution in [3.63, 3.8) is 0 Å². The van der Waals surface area contributed by atoms with Crippen LogP contribution in [0.25, 0.3) is 0 Å². The minimum absolute atomic E-state index is 0.0257. The number of carbonyl (C=O) groups is 2. The minimum Gasteiger partial charge on any atom is -0.444 e. The Morgan fingerprint density at radius 2 is 2.10 bits per heavy atom. The van der Waals surface area contributed by atoms with Gasteiger partial charge in [0.05, 0.1) is 12.2 Å². The Hall–Kier alpha value is -1.85. The molecule has 0 spiro atoms. The third-order valence-corrected chi connectivity index (χ3v) is 4.14. The summed E-state index contributed by atoms with van der Waals surface area (Å²) in [6.07, 6.45) is 2.77. The first kappa shape index (κ1) is 13.1. The van der Waals surface area contributed by atoms with E-state index >= 15 is 0 Å². The average molecular weight is 277 g/mol. The summed E-state index contributed by atoms with van der Waals surface area (Å²) in [4.78, 5) is 32.2. The fourth-order valence-corrected chi connectivity index (χ4v) is 2.93. The number of carbonyl (C=O) groups excluding carboxylic acids is 2. The highest BCUT2D eigenvalue weighted by Crippen LogP contribution is 2.24. The van der Waals surface area contributed by atoms with Crippen LogP contribution in [0.2, 0.25) is 0 Å². The van der Waals surface area contributed by atoms with Crippen molar-refractivity contribution in [3.05, 3.63) is 17.3 Å². The highest BCUT2D eigenvalue weighted by atomic mass is 16.4. The number of fused-ring (bicyclic) bond motifs is 1. The van der Waals surface area contributed by atoms with E-state index in [1.807, 2.05) is 13.8 Å². The van der Waals surface area contributed by atoms with Gasteiger partial charge in [-0.1, -0.05) is 0 Å². The Kier molecular flexibility index (Phi) is 3.23. The number of piperazine rings is 1. The van der Waals surface area contributed by atoms with Crippen molar-refractivity contribution >= 4 is 11.8 Å². The fourth-order valence-electron chi connectivity index (χ4n) is 2.93. The van der Waals surface area contributed by atoms with Crippen LogP contribution < -0.4 is 0 Å². The number of oxazole rings is 1. The second-order valence-corrected chi connectivity index (χ2v) is 5.54. The first-order valence-electron chi connectivity index (χ1n) is 7.07. The molecule has 0 bridgehead atoms. The molecule has 2 amide bonds. The third kappa shape index (κ3) is 2.19. The Balaban J connectivity index is 1.76. The van der Waals surface area contributed by atoms with Crippen LogP contribution in [0, 0.1) is 13.8 Å². The van der Waals surface area contributed by atoms with Gasteiger partial charge in [-0.3, -0.25) is 9.59 Å². The molecule has 0 N–H and O–H groups in total. The second-order valence-electron chi connectivity index (χ2n) is 5.54. The summed E-state index contributed by atoms with van der Waals surface area (Å²) < 4.78 is 5.51. The maximum Gasteiger partial charge on any atom is 0.246 e. The third-order valence-electron chi connectivity index (χ3n) is 4.14. The molecule has 2 aliphatic heterocycles. The van der Waals surface area contributed by atoms with Crippen molar-refractivity contribution in [2.45, 2.75) is 45.7 Å². The maximum atomic E-state index is 12.5. The summed E-state index contributed by atoms with van der Waals surface area (Å²) in [7, 11) is 0. The van der Waals surface area contributed by atoms with Crippen LogP contribution in [0.3, 0.4) is 0 Å². The smallest absolute Gasteiger partial charge is 0.246 e. The van der Waals surface area contributed by atoms with Gasteiger partial charge in [0.15, 0.2) is 0 Å². The summed E-state index contributed by atoms with van der Waals surface area (Å²) in [6, 6.07) is -0.276. The molecule has 3 rings (SSSR count). The van der Waals surface area contributed by atoms with Crippen LogP contribution in [-0.4, -0.2) is 45.7 Å². The molecule has 0 saturated carbocycles. The van der Waals surface area contributed by atoms with E-state index < -0.39 is 0 Å². The number of amides is 2. The molecular formula is C14H19N3O3. The van der Waals surface area contributed by atoms with Gasteiger partial charge < -0.3 is 14.2 Å². The monoisotopic (exact) mass is 277 g/mol. The van der Waals surface area contributed by atoms with Gasteiger partial charge in [0.1, 0.15) is 18.3 Å². The van der Waals surface area contributed by atoms with E-state index in [9.17, 15) is 9.59 Å². The van der Waals surface area contributed by atoms with Crippen LogP contribution in [0.15, 0.2) is 4.42 Å². The van der Waals surface area contributed by atoms with E-state index in [1.165, 1.54) is 0 Å². The normalized spacial score (nSPS) is 23.2. The number of piperidine rings is 1. The standard InChI is InChI=1S/C14H19N3O3/c1-9-10(2)20-12(15-9)7-16-8-13(18)17-6-4-3-5-11(17)14(16)19/h11H,3-8H2,1-2H3. The molecule has 2 aliphatic rings. The van der Waals surface area contributed by atoms with Crippen LogP contribution in [0.5, 0.6) is 0 Å². The molecular weight excluding hydrogens is 258 g/mol. The van der Waals surface area contributed by atoms with Gasteiger partial charge in [-0.2, -0.15) is 0 Å². The van der Waals surface area contributed by atoms with Gasteiger partial charge >= 0.3 is 0 Å². The predicted octanol–water partition coefficient (Wildman–Crippen LogP) is 1.01. The number of rotatable bonds is 2. The Morgan fingerprint density at radius 3 is 2.80 bits per heavy atom. The SMILES string of the molecule is Cc1nc(CN2CC(=O)N3CCCCC3C2=O)oc1C. The van der Waals surface area contributed by atoms with Gasteiger partial charge in [0.2, 0.25) is 17.7 Å². The molecule has 2 fully saturated rings. The fraction of sp³-hybridized carbons (Fsp3) is 0.643. The lowest BCUT2D eigenvalue weighted by Crippen LogP contribution is -2.60. The van der Waals surface area contributed by atoms with E-state index in [-0.39, 0.29) is 30.9 Å². The second kappa shape index (κ2) is 4.92. The Bertz CT molecular complexity index is 532. The van der Waals surface area contributed by atoms with E-state index in [4.69, 9.17) is 4.42 Å². The molecule has 1 aromatic heterocycles. The largest absolute Gasteiger partial charge is 0.444 e. The quantitative estimate of drug-likeness (QED) is 0.809. The van der Waals surface area contributed by atoms with Gasteiger partial charge in [-0.15, -0.1) is 0 Å². The van der Waals surface area contributed by atoms with Crippen molar-refractivity contribution in [3.8, 4) is 0 Å². The zero-order chi connectivity index (χ0) is 14.3. The van der Waals surface area contributed by atoms with Crippen molar-refractivity contribution in [2.75, 3.05) is 13.1 Å². The number of aromatic nitrogens is 1. The van der Waals surface area contributed by atoms with E-state index in [0.717, 1.165) is 30.7 Å². The van der Waals surface area contributed by atoms with E-state index in [1.54, 1.807) is 9.80 Å². The summed E-state index contributed by atoms with van der Waals surface area (Å²) >= 11 is 0. The zero-order valence-corrected chi connectivity index (χ0v) is 11.9. The Labute approximate surface area is 117 Å². The summed E-state index contributed by atoms with van der Waals surface area (Å²) in [6.45, 7) is 4.84. The van der Waals surface area contributed by atoms with Crippen LogP contribution >= 0.6 is 0 Å².